The number of hydrogen-bond acceptors (Lipinski definition) is 4. The van der Waals surface area contributed by atoms with Crippen LogP contribution in [0.4, 0.5) is 0 Å². The summed E-state index contributed by atoms with van der Waals surface area (Å²) in [4.78, 5) is 24.1. The van der Waals surface area contributed by atoms with Crippen molar-refractivity contribution in [3.05, 3.63) is 0 Å². The third kappa shape index (κ3) is 9.42. The molecule has 0 radical (unpaired) electrons. The molecule has 0 saturated heterocycles. The van der Waals surface area contributed by atoms with Gasteiger partial charge in [-0.25, -0.2) is 0 Å². The van der Waals surface area contributed by atoms with E-state index in [0.29, 0.717) is 26.1 Å². The highest BCUT2D eigenvalue weighted by Gasteiger charge is 2.22. The Kier molecular flexibility index (Phi) is 11.9. The Labute approximate surface area is 128 Å². The Morgan fingerprint density at radius 2 is 1.52 bits per heavy atom. The fourth-order valence-corrected chi connectivity index (χ4v) is 2.10. The molecule has 2 amide bonds. The number of nitrogens with one attached hydrogen (secondary N) is 2. The number of nitrogens with two attached hydrogens (primary N) is 2. The van der Waals surface area contributed by atoms with Crippen LogP contribution in [0, 0.1) is 5.92 Å². The average Bonchev–Trinajstić information content (AvgIpc) is 2.46. The van der Waals surface area contributed by atoms with Gasteiger partial charge < -0.3 is 22.1 Å². The van der Waals surface area contributed by atoms with Gasteiger partial charge in [-0.15, -0.1) is 0 Å². The van der Waals surface area contributed by atoms with Crippen LogP contribution in [-0.4, -0.2) is 37.5 Å². The molecule has 6 N–H and O–H groups in total. The highest BCUT2D eigenvalue weighted by Crippen LogP contribution is 2.09. The lowest BCUT2D eigenvalue weighted by molar-refractivity contribution is -0.131. The first kappa shape index (κ1) is 19.9. The fraction of sp³-hybridized carbons (Fsp3) is 0.867. The summed E-state index contributed by atoms with van der Waals surface area (Å²) < 4.78 is 0. The van der Waals surface area contributed by atoms with Gasteiger partial charge >= 0.3 is 0 Å². The Bertz CT molecular complexity index is 297. The summed E-state index contributed by atoms with van der Waals surface area (Å²) in [6, 6.07) is -0.457. The maximum Gasteiger partial charge on any atom is 0.242 e. The first-order chi connectivity index (χ1) is 10.1. The lowest BCUT2D eigenvalue weighted by Gasteiger charge is -2.20. The van der Waals surface area contributed by atoms with Crippen molar-refractivity contribution in [1.82, 2.24) is 10.6 Å². The number of carbonyl (C=O) groups is 2. The van der Waals surface area contributed by atoms with Crippen LogP contribution >= 0.6 is 0 Å². The van der Waals surface area contributed by atoms with E-state index < -0.39 is 6.04 Å². The van der Waals surface area contributed by atoms with Crippen LogP contribution in [-0.2, 0) is 9.59 Å². The zero-order valence-electron chi connectivity index (χ0n) is 13.5. The van der Waals surface area contributed by atoms with Crippen LogP contribution in [0.2, 0.25) is 0 Å². The van der Waals surface area contributed by atoms with Crippen LogP contribution in [0.3, 0.4) is 0 Å². The van der Waals surface area contributed by atoms with Crippen LogP contribution in [0.25, 0.3) is 0 Å². The van der Waals surface area contributed by atoms with Gasteiger partial charge in [0.1, 0.15) is 6.04 Å². The van der Waals surface area contributed by atoms with Crippen molar-refractivity contribution < 1.29 is 9.59 Å². The second kappa shape index (κ2) is 12.6. The second-order valence-electron chi connectivity index (χ2n) is 5.43. The minimum absolute atomic E-state index is 0.0592. The number of hydrogen-bond donors (Lipinski definition) is 4. The molecule has 0 aromatic carbocycles. The third-order valence-corrected chi connectivity index (χ3v) is 3.47. The lowest BCUT2D eigenvalue weighted by atomic mass is 10.0. The van der Waals surface area contributed by atoms with E-state index in [1.165, 1.54) is 0 Å². The summed E-state index contributed by atoms with van der Waals surface area (Å²) in [7, 11) is 0. The molecule has 0 spiro atoms. The van der Waals surface area contributed by atoms with Gasteiger partial charge in [-0.3, -0.25) is 9.59 Å². The lowest BCUT2D eigenvalue weighted by Crippen LogP contribution is -2.48. The molecule has 0 fully saturated rings. The topological polar surface area (TPSA) is 110 Å². The first-order valence-corrected chi connectivity index (χ1v) is 8.05. The largest absolute Gasteiger partial charge is 0.355 e. The minimum Gasteiger partial charge on any atom is -0.355 e. The van der Waals surface area contributed by atoms with E-state index in [1.807, 2.05) is 13.8 Å². The molecule has 124 valence electrons. The minimum atomic E-state index is -0.457. The van der Waals surface area contributed by atoms with E-state index in [9.17, 15) is 9.59 Å². The normalized spacial score (nSPS) is 13.5. The van der Waals surface area contributed by atoms with Crippen molar-refractivity contribution in [2.45, 2.75) is 58.4 Å². The molecule has 0 saturated carbocycles. The molecule has 0 aliphatic heterocycles. The number of rotatable bonds is 12. The average molecular weight is 300 g/mol. The summed E-state index contributed by atoms with van der Waals surface area (Å²) in [5, 5.41) is 5.63. The van der Waals surface area contributed by atoms with Crippen LogP contribution in [0.5, 0.6) is 0 Å². The predicted molar refractivity (Wildman–Crippen MR) is 85.6 cm³/mol. The van der Waals surface area contributed by atoms with Crippen molar-refractivity contribution in [2.24, 2.45) is 17.4 Å². The van der Waals surface area contributed by atoms with Crippen molar-refractivity contribution in [2.75, 3.05) is 19.6 Å². The quantitative estimate of drug-likeness (QED) is 0.393. The van der Waals surface area contributed by atoms with Gasteiger partial charge in [-0.1, -0.05) is 13.3 Å². The molecule has 6 nitrogen and oxygen atoms in total. The molecule has 21 heavy (non-hydrogen) atoms. The standard InChI is InChI=1S/C15H32N4O2/c1-3-18-15(21)13(9-5-7-11-17)19-14(20)12(2)8-4-6-10-16/h12-13H,3-11,16-17H2,1-2H3,(H,18,21)(H,19,20). The maximum atomic E-state index is 12.1. The molecule has 0 heterocycles. The van der Waals surface area contributed by atoms with E-state index >= 15 is 0 Å². The molecule has 0 aliphatic carbocycles. The molecule has 2 unspecified atom stereocenters. The van der Waals surface area contributed by atoms with E-state index in [4.69, 9.17) is 11.5 Å². The zero-order valence-corrected chi connectivity index (χ0v) is 13.5. The van der Waals surface area contributed by atoms with Crippen molar-refractivity contribution in [1.29, 1.82) is 0 Å². The van der Waals surface area contributed by atoms with Crippen LogP contribution in [0.1, 0.15) is 52.4 Å². The monoisotopic (exact) mass is 300 g/mol. The fourth-order valence-electron chi connectivity index (χ4n) is 2.10. The van der Waals surface area contributed by atoms with Gasteiger partial charge in [-0.2, -0.15) is 0 Å². The van der Waals surface area contributed by atoms with Crippen molar-refractivity contribution in [3.63, 3.8) is 0 Å². The maximum absolute atomic E-state index is 12.1. The molecule has 2 atom stereocenters. The third-order valence-electron chi connectivity index (χ3n) is 3.47. The molecular formula is C15H32N4O2. The Hall–Kier alpha value is -1.14. The predicted octanol–water partition coefficient (Wildman–Crippen LogP) is 0.501. The van der Waals surface area contributed by atoms with Gasteiger partial charge in [0.15, 0.2) is 0 Å². The smallest absolute Gasteiger partial charge is 0.242 e. The second-order valence-corrected chi connectivity index (χ2v) is 5.43. The Balaban J connectivity index is 4.34. The van der Waals surface area contributed by atoms with Crippen LogP contribution < -0.4 is 22.1 Å². The SMILES string of the molecule is CCNC(=O)C(CCCCN)NC(=O)C(C)CCCCN. The van der Waals surface area contributed by atoms with Gasteiger partial charge in [0.25, 0.3) is 0 Å². The van der Waals surface area contributed by atoms with E-state index in [-0.39, 0.29) is 17.7 Å². The first-order valence-electron chi connectivity index (χ1n) is 8.05. The van der Waals surface area contributed by atoms with Crippen molar-refractivity contribution in [3.8, 4) is 0 Å². The van der Waals surface area contributed by atoms with E-state index in [2.05, 4.69) is 10.6 Å². The van der Waals surface area contributed by atoms with Crippen molar-refractivity contribution >= 4 is 11.8 Å². The number of unbranched alkanes of at least 4 members (excludes halogenated alkanes) is 2. The highest BCUT2D eigenvalue weighted by atomic mass is 16.2. The number of carbonyl (C=O) groups excluding carboxylic acids is 2. The Morgan fingerprint density at radius 3 is 2.05 bits per heavy atom. The van der Waals surface area contributed by atoms with Gasteiger partial charge in [0, 0.05) is 12.5 Å². The zero-order chi connectivity index (χ0) is 16.1. The van der Waals surface area contributed by atoms with Crippen LogP contribution in [0.15, 0.2) is 0 Å². The van der Waals surface area contributed by atoms with Gasteiger partial charge in [-0.05, 0) is 52.1 Å². The number of likely N-dealkylation sites (N-methyl/N-ethyl adjacent to an activating group) is 1. The summed E-state index contributed by atoms with van der Waals surface area (Å²) in [5.41, 5.74) is 10.9. The summed E-state index contributed by atoms with van der Waals surface area (Å²) in [5.74, 6) is -0.268. The molecule has 0 aromatic heterocycles. The summed E-state index contributed by atoms with van der Waals surface area (Å²) in [6.45, 7) is 5.57. The van der Waals surface area contributed by atoms with Gasteiger partial charge in [0.05, 0.1) is 0 Å². The highest BCUT2D eigenvalue weighted by molar-refractivity contribution is 5.88. The molecule has 0 bridgehead atoms. The molecule has 0 rings (SSSR count). The summed E-state index contributed by atoms with van der Waals surface area (Å²) >= 11 is 0. The molecule has 0 aromatic rings. The van der Waals surface area contributed by atoms with E-state index in [0.717, 1.165) is 32.1 Å². The molecular weight excluding hydrogens is 268 g/mol. The molecule has 0 aliphatic rings. The van der Waals surface area contributed by atoms with E-state index in [1.54, 1.807) is 0 Å². The molecule has 6 heteroatoms. The van der Waals surface area contributed by atoms with Gasteiger partial charge in [0.2, 0.25) is 11.8 Å². The Morgan fingerprint density at radius 1 is 0.952 bits per heavy atom. The summed E-state index contributed by atoms with van der Waals surface area (Å²) in [6.07, 6.45) is 4.98. The number of amides is 2.